The number of nitrogens with one attached hydrogen (secondary N) is 2. The van der Waals surface area contributed by atoms with Crippen molar-refractivity contribution in [2.24, 2.45) is 0 Å². The number of methoxy groups -OCH3 is 1. The van der Waals surface area contributed by atoms with Gasteiger partial charge >= 0.3 is 5.69 Å². The molecule has 1 aromatic heterocycles. The molecule has 0 saturated heterocycles. The van der Waals surface area contributed by atoms with Crippen molar-refractivity contribution in [2.45, 2.75) is 25.7 Å². The van der Waals surface area contributed by atoms with E-state index < -0.39 is 17.4 Å². The summed E-state index contributed by atoms with van der Waals surface area (Å²) in [5, 5.41) is 17.3. The molecule has 34 heavy (non-hydrogen) atoms. The highest BCUT2D eigenvalue weighted by Gasteiger charge is 2.27. The summed E-state index contributed by atoms with van der Waals surface area (Å²) in [6.07, 6.45) is 3.62. The molecule has 0 unspecified atom stereocenters. The van der Waals surface area contributed by atoms with E-state index in [0.717, 1.165) is 36.1 Å². The van der Waals surface area contributed by atoms with Crippen LogP contribution < -0.4 is 20.1 Å². The molecule has 1 aliphatic rings. The standard InChI is InChI=1S/C24H23N3O6S/c1-32-16-12-10-15(11-13-16)25-23(29)22-17-6-2-5-9-20(17)34-24(22)26-21(28)14-33-19-8-4-3-7-18(19)27(30)31/h3-4,7-8,10-13H,2,5-6,9,14H2,1H3,(H,25,29)(H,26,28). The van der Waals surface area contributed by atoms with Crippen molar-refractivity contribution < 1.29 is 24.0 Å². The maximum absolute atomic E-state index is 13.2. The Morgan fingerprint density at radius 2 is 1.79 bits per heavy atom. The maximum atomic E-state index is 13.2. The average molecular weight is 482 g/mol. The number of fused-ring (bicyclic) bond motifs is 1. The summed E-state index contributed by atoms with van der Waals surface area (Å²) in [7, 11) is 1.57. The fourth-order valence-electron chi connectivity index (χ4n) is 3.80. The molecule has 0 radical (unpaired) electrons. The number of para-hydroxylation sites is 2. The highest BCUT2D eigenvalue weighted by Crippen LogP contribution is 2.38. The van der Waals surface area contributed by atoms with Gasteiger partial charge < -0.3 is 20.1 Å². The minimum atomic E-state index is -0.567. The third kappa shape index (κ3) is 5.18. The Balaban J connectivity index is 1.51. The quantitative estimate of drug-likeness (QED) is 0.352. The lowest BCUT2D eigenvalue weighted by Gasteiger charge is -2.13. The molecule has 9 nitrogen and oxygen atoms in total. The molecule has 1 aliphatic carbocycles. The first-order valence-electron chi connectivity index (χ1n) is 10.7. The minimum Gasteiger partial charge on any atom is -0.497 e. The number of amides is 2. The second-order valence-electron chi connectivity index (χ2n) is 7.66. The number of hydrogen-bond acceptors (Lipinski definition) is 7. The van der Waals surface area contributed by atoms with E-state index in [4.69, 9.17) is 9.47 Å². The summed E-state index contributed by atoms with van der Waals surface area (Å²) < 4.78 is 10.5. The summed E-state index contributed by atoms with van der Waals surface area (Å²) in [6, 6.07) is 12.8. The van der Waals surface area contributed by atoms with Gasteiger partial charge in [0.05, 0.1) is 17.6 Å². The van der Waals surface area contributed by atoms with Crippen LogP contribution in [0.15, 0.2) is 48.5 Å². The van der Waals surface area contributed by atoms with Gasteiger partial charge in [-0.1, -0.05) is 12.1 Å². The molecule has 0 atom stereocenters. The van der Waals surface area contributed by atoms with Crippen LogP contribution in [0.2, 0.25) is 0 Å². The highest BCUT2D eigenvalue weighted by molar-refractivity contribution is 7.17. The zero-order valence-corrected chi connectivity index (χ0v) is 19.3. The number of carbonyl (C=O) groups excluding carboxylic acids is 2. The minimum absolute atomic E-state index is 0.00518. The topological polar surface area (TPSA) is 120 Å². The van der Waals surface area contributed by atoms with Gasteiger partial charge in [-0.25, -0.2) is 0 Å². The molecule has 2 amide bonds. The van der Waals surface area contributed by atoms with E-state index in [2.05, 4.69) is 10.6 Å². The molecule has 0 fully saturated rings. The number of anilines is 2. The largest absolute Gasteiger partial charge is 0.497 e. The second-order valence-corrected chi connectivity index (χ2v) is 8.76. The Morgan fingerprint density at radius 1 is 1.06 bits per heavy atom. The van der Waals surface area contributed by atoms with Crippen LogP contribution in [0.1, 0.15) is 33.6 Å². The van der Waals surface area contributed by atoms with E-state index in [0.29, 0.717) is 22.0 Å². The van der Waals surface area contributed by atoms with Gasteiger partial charge in [-0.2, -0.15) is 0 Å². The Hall–Kier alpha value is -3.92. The predicted molar refractivity (Wildman–Crippen MR) is 129 cm³/mol. The SMILES string of the molecule is COc1ccc(NC(=O)c2c(NC(=O)COc3ccccc3[N+](=O)[O-])sc3c2CCCC3)cc1. The van der Waals surface area contributed by atoms with Gasteiger partial charge in [0.2, 0.25) is 0 Å². The first-order chi connectivity index (χ1) is 16.5. The summed E-state index contributed by atoms with van der Waals surface area (Å²) in [4.78, 5) is 37.5. The van der Waals surface area contributed by atoms with Crippen LogP contribution in [-0.4, -0.2) is 30.5 Å². The van der Waals surface area contributed by atoms with Crippen molar-refractivity contribution in [3.8, 4) is 11.5 Å². The second kappa shape index (κ2) is 10.3. The molecule has 0 aliphatic heterocycles. The summed E-state index contributed by atoms with van der Waals surface area (Å²) >= 11 is 1.39. The van der Waals surface area contributed by atoms with Gasteiger partial charge in [0.1, 0.15) is 10.8 Å². The molecular weight excluding hydrogens is 458 g/mol. The lowest BCUT2D eigenvalue weighted by atomic mass is 9.95. The molecule has 10 heteroatoms. The Labute approximate surface area is 199 Å². The Kier molecular flexibility index (Phi) is 7.07. The van der Waals surface area contributed by atoms with E-state index in [-0.39, 0.29) is 17.3 Å². The lowest BCUT2D eigenvalue weighted by Crippen LogP contribution is -2.22. The third-order valence-corrected chi connectivity index (χ3v) is 6.63. The monoisotopic (exact) mass is 481 g/mol. The van der Waals surface area contributed by atoms with Gasteiger partial charge in [0.15, 0.2) is 12.4 Å². The van der Waals surface area contributed by atoms with Gasteiger partial charge in [-0.05, 0) is 61.6 Å². The van der Waals surface area contributed by atoms with Crippen molar-refractivity contribution in [3.05, 3.63) is 74.6 Å². The Morgan fingerprint density at radius 3 is 2.53 bits per heavy atom. The van der Waals surface area contributed by atoms with Crippen LogP contribution in [0.25, 0.3) is 0 Å². The average Bonchev–Trinajstić information content (AvgIpc) is 3.21. The van der Waals surface area contributed by atoms with Crippen LogP contribution in [0.4, 0.5) is 16.4 Å². The van der Waals surface area contributed by atoms with Crippen molar-refractivity contribution in [1.29, 1.82) is 0 Å². The van der Waals surface area contributed by atoms with Gasteiger partial charge in [-0.15, -0.1) is 11.3 Å². The normalized spacial score (nSPS) is 12.4. The number of nitro benzene ring substituents is 1. The number of nitrogens with zero attached hydrogens (tertiary/aromatic N) is 1. The van der Waals surface area contributed by atoms with Gasteiger partial charge in [0, 0.05) is 16.6 Å². The number of nitro groups is 1. The van der Waals surface area contributed by atoms with E-state index in [1.165, 1.54) is 29.5 Å². The molecular formula is C24H23N3O6S. The third-order valence-electron chi connectivity index (χ3n) is 5.42. The van der Waals surface area contributed by atoms with Crippen LogP contribution in [0.5, 0.6) is 11.5 Å². The number of ether oxygens (including phenoxy) is 2. The molecule has 2 N–H and O–H groups in total. The first kappa shape index (κ1) is 23.2. The fourth-order valence-corrected chi connectivity index (χ4v) is 5.10. The van der Waals surface area contributed by atoms with Crippen molar-refractivity contribution in [2.75, 3.05) is 24.4 Å². The predicted octanol–water partition coefficient (Wildman–Crippen LogP) is 4.81. The van der Waals surface area contributed by atoms with Gasteiger partial charge in [0.25, 0.3) is 11.8 Å². The van der Waals surface area contributed by atoms with Gasteiger partial charge in [-0.3, -0.25) is 19.7 Å². The first-order valence-corrected chi connectivity index (χ1v) is 11.5. The highest BCUT2D eigenvalue weighted by atomic mass is 32.1. The Bertz CT molecular complexity index is 1220. The number of aryl methyl sites for hydroxylation is 1. The molecule has 176 valence electrons. The van der Waals surface area contributed by atoms with Crippen molar-refractivity contribution in [3.63, 3.8) is 0 Å². The van der Waals surface area contributed by atoms with E-state index >= 15 is 0 Å². The number of benzene rings is 2. The van der Waals surface area contributed by atoms with Crippen molar-refractivity contribution >= 4 is 39.5 Å². The van der Waals surface area contributed by atoms with Crippen LogP contribution >= 0.6 is 11.3 Å². The summed E-state index contributed by atoms with van der Waals surface area (Å²) in [6.45, 7) is -0.424. The van der Waals surface area contributed by atoms with Crippen LogP contribution in [0.3, 0.4) is 0 Å². The number of carbonyl (C=O) groups is 2. The molecule has 4 rings (SSSR count). The molecule has 0 bridgehead atoms. The maximum Gasteiger partial charge on any atom is 0.310 e. The summed E-state index contributed by atoms with van der Waals surface area (Å²) in [5.41, 5.74) is 1.80. The van der Waals surface area contributed by atoms with E-state index in [1.54, 1.807) is 37.4 Å². The van der Waals surface area contributed by atoms with E-state index in [9.17, 15) is 19.7 Å². The molecule has 3 aromatic rings. The van der Waals surface area contributed by atoms with E-state index in [1.807, 2.05) is 0 Å². The van der Waals surface area contributed by atoms with Crippen molar-refractivity contribution in [1.82, 2.24) is 0 Å². The molecule has 0 spiro atoms. The van der Waals surface area contributed by atoms with Crippen LogP contribution in [0, 0.1) is 10.1 Å². The molecule has 0 saturated carbocycles. The molecule has 2 aromatic carbocycles. The molecule has 1 heterocycles. The zero-order valence-electron chi connectivity index (χ0n) is 18.5. The number of hydrogen-bond donors (Lipinski definition) is 2. The smallest absolute Gasteiger partial charge is 0.310 e. The fraction of sp³-hybridized carbons (Fsp3) is 0.250. The number of thiophene rings is 1. The number of rotatable bonds is 8. The summed E-state index contributed by atoms with van der Waals surface area (Å²) in [5.74, 6) is -0.127. The zero-order chi connectivity index (χ0) is 24.1. The van der Waals surface area contributed by atoms with Crippen LogP contribution in [-0.2, 0) is 17.6 Å². The lowest BCUT2D eigenvalue weighted by molar-refractivity contribution is -0.385.